The molecule has 6 N–H and O–H groups in total. The summed E-state index contributed by atoms with van der Waals surface area (Å²) in [4.78, 5) is 57.9. The number of hydrogen-bond donors (Lipinski definition) is 5. The van der Waals surface area contributed by atoms with Crippen LogP contribution in [0.25, 0.3) is 10.9 Å². The van der Waals surface area contributed by atoms with E-state index in [2.05, 4.69) is 15.6 Å². The number of nitrogens with one attached hydrogen (secondary N) is 3. The number of carbonyl (C=O) groups excluding carboxylic acids is 3. The number of carbonyl (C=O) groups is 4. The fourth-order valence-corrected chi connectivity index (χ4v) is 6.71. The molecule has 0 saturated carbocycles. The van der Waals surface area contributed by atoms with Crippen molar-refractivity contribution in [3.05, 3.63) is 69.1 Å². The summed E-state index contributed by atoms with van der Waals surface area (Å²) in [7, 11) is 0. The number of halogens is 3. The van der Waals surface area contributed by atoms with E-state index >= 15 is 0 Å². The number of primary amides is 1. The molecule has 0 saturated heterocycles. The Morgan fingerprint density at radius 1 is 1.11 bits per heavy atom. The first-order chi connectivity index (χ1) is 21.7. The zero-order chi connectivity index (χ0) is 33.9. The van der Waals surface area contributed by atoms with Gasteiger partial charge in [-0.2, -0.15) is 0 Å². The number of aryl methyl sites for hydroxylation is 1. The minimum absolute atomic E-state index is 0.00379. The number of nitrogens with two attached hydrogens (primary N) is 1. The number of H-pyrrole nitrogens is 1. The molecule has 0 spiro atoms. The predicted octanol–water partition coefficient (Wildman–Crippen LogP) is 5.57. The topological polar surface area (TPSA) is 158 Å². The fraction of sp³-hybridized carbons (Fsp3) is 0.455. The molecule has 0 radical (unpaired) electrons. The van der Waals surface area contributed by atoms with Crippen molar-refractivity contribution < 1.29 is 28.7 Å². The molecule has 10 nitrogen and oxygen atoms in total. The van der Waals surface area contributed by atoms with Gasteiger partial charge in [0.15, 0.2) is 0 Å². The first-order valence-electron chi connectivity index (χ1n) is 15.4. The third-order valence-electron chi connectivity index (χ3n) is 9.24. The van der Waals surface area contributed by atoms with Crippen molar-refractivity contribution in [1.29, 1.82) is 0 Å². The molecular weight excluding hydrogens is 636 g/mol. The largest absolute Gasteiger partial charge is 0.465 e. The Balaban J connectivity index is 1.80. The highest BCUT2D eigenvalue weighted by Crippen LogP contribution is 2.38. The molecule has 248 valence electrons. The van der Waals surface area contributed by atoms with Crippen molar-refractivity contribution in [2.45, 2.75) is 84.0 Å². The second-order valence-electron chi connectivity index (χ2n) is 12.2. The lowest BCUT2D eigenvalue weighted by atomic mass is 9.78. The lowest BCUT2D eigenvalue weighted by Crippen LogP contribution is -2.67. The highest BCUT2D eigenvalue weighted by atomic mass is 35.5. The lowest BCUT2D eigenvalue weighted by Gasteiger charge is -2.41. The monoisotopic (exact) mass is 675 g/mol. The molecule has 46 heavy (non-hydrogen) atoms. The van der Waals surface area contributed by atoms with Crippen LogP contribution in [0, 0.1) is 17.7 Å². The molecule has 0 bridgehead atoms. The summed E-state index contributed by atoms with van der Waals surface area (Å²) in [6, 6.07) is 6.80. The van der Waals surface area contributed by atoms with Crippen molar-refractivity contribution in [2.75, 3.05) is 0 Å². The molecule has 5 atom stereocenters. The van der Waals surface area contributed by atoms with Crippen LogP contribution in [0.5, 0.6) is 0 Å². The first-order valence-corrected chi connectivity index (χ1v) is 16.1. The Morgan fingerprint density at radius 3 is 2.39 bits per heavy atom. The van der Waals surface area contributed by atoms with E-state index in [1.165, 1.54) is 18.2 Å². The lowest BCUT2D eigenvalue weighted by molar-refractivity contribution is -0.139. The standard InChI is InChI=1S/C33H40Cl2FN5O5/c1-5-17(3)26(29(37)42)39-31(44)33(12-11-25-22(15-33)21-13-20(34)14-23(35)27(21)38-25)40-30(43)28(18(4)6-2)41(32(45)46)16-19-9-7-8-10-24(19)36/h7-10,13-14,17-18,26,28,38H,5-6,11-12,15-16H2,1-4H3,(H2,37,42)(H,39,44)(H,40,43)(H,45,46)/t17-,18-,26?,28?,33+/m0/s1. The van der Waals surface area contributed by atoms with Crippen LogP contribution in [0.4, 0.5) is 9.18 Å². The molecule has 1 aromatic heterocycles. The van der Waals surface area contributed by atoms with Crippen molar-refractivity contribution in [1.82, 2.24) is 20.5 Å². The maximum atomic E-state index is 14.6. The molecular formula is C33H40Cl2FN5O5. The summed E-state index contributed by atoms with van der Waals surface area (Å²) >= 11 is 12.8. The van der Waals surface area contributed by atoms with Gasteiger partial charge in [-0.1, -0.05) is 81.9 Å². The van der Waals surface area contributed by atoms with Gasteiger partial charge >= 0.3 is 6.09 Å². The van der Waals surface area contributed by atoms with E-state index in [-0.39, 0.29) is 30.9 Å². The summed E-state index contributed by atoms with van der Waals surface area (Å²) in [6.07, 6.45) is -0.0104. The van der Waals surface area contributed by atoms with Crippen LogP contribution in [0.15, 0.2) is 36.4 Å². The Bertz CT molecular complexity index is 1650. The van der Waals surface area contributed by atoms with Crippen molar-refractivity contribution >= 4 is 57.9 Å². The van der Waals surface area contributed by atoms with Gasteiger partial charge in [0, 0.05) is 28.1 Å². The van der Waals surface area contributed by atoms with Crippen LogP contribution in [0.2, 0.25) is 10.0 Å². The SMILES string of the molecule is CC[C@H](C)C(NC(=O)[C@@]1(NC(=O)C([C@@H](C)CC)N(Cc2ccccc2F)C(=O)O)CCc2[nH]c3c(Cl)cc(Cl)cc3c2C1)C(N)=O. The minimum atomic E-state index is -1.61. The highest BCUT2D eigenvalue weighted by molar-refractivity contribution is 6.38. The molecule has 13 heteroatoms. The Labute approximate surface area is 277 Å². The highest BCUT2D eigenvalue weighted by Gasteiger charge is 2.47. The van der Waals surface area contributed by atoms with Crippen LogP contribution >= 0.6 is 23.2 Å². The summed E-state index contributed by atoms with van der Waals surface area (Å²) < 4.78 is 14.6. The van der Waals surface area contributed by atoms with Gasteiger partial charge in [0.25, 0.3) is 0 Å². The average Bonchev–Trinajstić information content (AvgIpc) is 3.37. The molecule has 1 aliphatic carbocycles. The number of amides is 4. The number of nitrogens with zero attached hydrogens (tertiary/aromatic N) is 1. The zero-order valence-electron chi connectivity index (χ0n) is 26.3. The summed E-state index contributed by atoms with van der Waals surface area (Å²) in [5, 5.41) is 17.4. The van der Waals surface area contributed by atoms with E-state index in [1.54, 1.807) is 32.0 Å². The molecule has 2 aromatic carbocycles. The number of carboxylic acid groups (broad SMARTS) is 1. The van der Waals surface area contributed by atoms with Gasteiger partial charge in [-0.25, -0.2) is 9.18 Å². The third-order valence-corrected chi connectivity index (χ3v) is 9.75. The van der Waals surface area contributed by atoms with Gasteiger partial charge in [-0.05, 0) is 48.4 Å². The van der Waals surface area contributed by atoms with Crippen LogP contribution in [-0.4, -0.2) is 56.4 Å². The van der Waals surface area contributed by atoms with Crippen LogP contribution in [0.1, 0.15) is 63.8 Å². The molecule has 1 aliphatic rings. The minimum Gasteiger partial charge on any atom is -0.465 e. The smallest absolute Gasteiger partial charge is 0.408 e. The van der Waals surface area contributed by atoms with Crippen molar-refractivity contribution in [3.8, 4) is 0 Å². The Kier molecular flexibility index (Phi) is 10.9. The first kappa shape index (κ1) is 35.0. The van der Waals surface area contributed by atoms with E-state index in [1.807, 2.05) is 13.8 Å². The van der Waals surface area contributed by atoms with Gasteiger partial charge in [-0.3, -0.25) is 19.3 Å². The van der Waals surface area contributed by atoms with Crippen molar-refractivity contribution in [3.63, 3.8) is 0 Å². The van der Waals surface area contributed by atoms with Gasteiger partial charge in [0.1, 0.15) is 23.4 Å². The van der Waals surface area contributed by atoms with Gasteiger partial charge in [0.05, 0.1) is 17.1 Å². The maximum Gasteiger partial charge on any atom is 0.408 e. The predicted molar refractivity (Wildman–Crippen MR) is 175 cm³/mol. The van der Waals surface area contributed by atoms with Crippen LogP contribution < -0.4 is 16.4 Å². The van der Waals surface area contributed by atoms with Crippen molar-refractivity contribution in [2.24, 2.45) is 17.6 Å². The molecule has 2 unspecified atom stereocenters. The summed E-state index contributed by atoms with van der Waals surface area (Å²) in [6.45, 7) is 6.81. The maximum absolute atomic E-state index is 14.6. The quantitative estimate of drug-likeness (QED) is 0.170. The fourth-order valence-electron chi connectivity index (χ4n) is 6.17. The number of hydrogen-bond acceptors (Lipinski definition) is 4. The number of aromatic amines is 1. The summed E-state index contributed by atoms with van der Waals surface area (Å²) in [5.41, 5.74) is 6.34. The van der Waals surface area contributed by atoms with E-state index in [0.29, 0.717) is 45.8 Å². The van der Waals surface area contributed by atoms with E-state index < -0.39 is 53.2 Å². The molecule has 1 heterocycles. The number of fused-ring (bicyclic) bond motifs is 3. The van der Waals surface area contributed by atoms with Crippen LogP contribution in [0.3, 0.4) is 0 Å². The Hall–Kier alpha value is -3.83. The molecule has 4 amide bonds. The molecule has 4 rings (SSSR count). The second-order valence-corrected chi connectivity index (χ2v) is 13.1. The van der Waals surface area contributed by atoms with E-state index in [0.717, 1.165) is 10.6 Å². The number of aromatic nitrogens is 1. The normalized spacial score (nSPS) is 18.6. The van der Waals surface area contributed by atoms with Gasteiger partial charge in [-0.15, -0.1) is 0 Å². The summed E-state index contributed by atoms with van der Waals surface area (Å²) in [5.74, 6) is -3.47. The van der Waals surface area contributed by atoms with E-state index in [9.17, 15) is 28.7 Å². The van der Waals surface area contributed by atoms with E-state index in [4.69, 9.17) is 28.9 Å². The number of benzene rings is 2. The molecule has 0 fully saturated rings. The zero-order valence-corrected chi connectivity index (χ0v) is 27.8. The molecule has 3 aromatic rings. The van der Waals surface area contributed by atoms with Gasteiger partial charge in [0.2, 0.25) is 17.7 Å². The Morgan fingerprint density at radius 2 is 1.78 bits per heavy atom. The average molecular weight is 677 g/mol. The van der Waals surface area contributed by atoms with Crippen LogP contribution in [-0.2, 0) is 33.8 Å². The molecule has 0 aliphatic heterocycles. The third kappa shape index (κ3) is 7.10. The van der Waals surface area contributed by atoms with Gasteiger partial charge < -0.3 is 26.5 Å². The second kappa shape index (κ2) is 14.3. The number of rotatable bonds is 12.